The fourth-order valence-electron chi connectivity index (χ4n) is 6.96. The molecule has 3 aromatic carbocycles. The van der Waals surface area contributed by atoms with Gasteiger partial charge >= 0.3 is 11.9 Å². The van der Waals surface area contributed by atoms with Crippen molar-refractivity contribution in [1.29, 1.82) is 0 Å². The van der Waals surface area contributed by atoms with Gasteiger partial charge in [0, 0.05) is 19.2 Å². The highest BCUT2D eigenvalue weighted by atomic mass is 32.2. The van der Waals surface area contributed by atoms with Gasteiger partial charge in [0.1, 0.15) is 30.2 Å². The largest absolute Gasteiger partial charge is 0.479 e. The van der Waals surface area contributed by atoms with Crippen molar-refractivity contribution in [3.63, 3.8) is 0 Å². The SMILES string of the molecule is CC(=O)O[C@H](CCC1C(=O)N(c2ccc(CCCNS(C)(=O)=O)cc2)[C@@H]1c1ccc(CCC2O[C@H](C(=O)O)[C@@H](O)[C@H](O)[C@H]2O)cc1)c1ccc(F)cc1. The summed E-state index contributed by atoms with van der Waals surface area (Å²) in [6.45, 7) is 1.60. The van der Waals surface area contributed by atoms with Gasteiger partial charge in [0.05, 0.1) is 24.3 Å². The van der Waals surface area contributed by atoms with Crippen LogP contribution in [0.1, 0.15) is 67.0 Å². The van der Waals surface area contributed by atoms with Crippen LogP contribution in [0.15, 0.2) is 72.8 Å². The summed E-state index contributed by atoms with van der Waals surface area (Å²) in [5.41, 5.74) is 3.91. The number of aliphatic carboxylic acids is 1. The lowest BCUT2D eigenvalue weighted by molar-refractivity contribution is -0.228. The Bertz CT molecular complexity index is 1840. The van der Waals surface area contributed by atoms with Gasteiger partial charge < -0.3 is 34.8 Å². The van der Waals surface area contributed by atoms with Gasteiger partial charge in [-0.3, -0.25) is 9.59 Å². The average Bonchev–Trinajstić information content (AvgIpc) is 3.11. The molecule has 5 N–H and O–H groups in total. The summed E-state index contributed by atoms with van der Waals surface area (Å²) in [4.78, 5) is 39.0. The van der Waals surface area contributed by atoms with Crippen molar-refractivity contribution < 1.29 is 57.1 Å². The zero-order valence-corrected chi connectivity index (χ0v) is 30.2. The van der Waals surface area contributed by atoms with Crippen molar-refractivity contribution >= 4 is 33.6 Å². The highest BCUT2D eigenvalue weighted by Gasteiger charge is 2.49. The van der Waals surface area contributed by atoms with E-state index in [1.54, 1.807) is 17.0 Å². The number of carbonyl (C=O) groups excluding carboxylic acids is 2. The van der Waals surface area contributed by atoms with Gasteiger partial charge in [0.25, 0.3) is 0 Å². The normalized spacial score (nSPS) is 25.1. The van der Waals surface area contributed by atoms with E-state index in [1.807, 2.05) is 48.5 Å². The first-order valence-corrected chi connectivity index (χ1v) is 19.3. The van der Waals surface area contributed by atoms with Crippen molar-refractivity contribution in [1.82, 2.24) is 4.72 Å². The van der Waals surface area contributed by atoms with Gasteiger partial charge in [-0.2, -0.15) is 0 Å². The summed E-state index contributed by atoms with van der Waals surface area (Å²) in [6.07, 6.45) is -4.77. The van der Waals surface area contributed by atoms with Crippen molar-refractivity contribution in [2.75, 3.05) is 17.7 Å². The van der Waals surface area contributed by atoms with Crippen molar-refractivity contribution in [3.8, 4) is 0 Å². The number of aryl methyl sites for hydroxylation is 2. The number of carboxylic acids is 1. The fourth-order valence-corrected chi connectivity index (χ4v) is 7.47. The topological polar surface area (TPSA) is 200 Å². The second-order valence-electron chi connectivity index (χ2n) is 13.6. The Morgan fingerprint density at radius 3 is 2.13 bits per heavy atom. The van der Waals surface area contributed by atoms with E-state index in [0.717, 1.165) is 22.9 Å². The van der Waals surface area contributed by atoms with Crippen LogP contribution in [-0.2, 0) is 46.7 Å². The van der Waals surface area contributed by atoms with E-state index in [9.17, 15) is 47.6 Å². The summed E-state index contributed by atoms with van der Waals surface area (Å²) < 4.78 is 49.9. The second kappa shape index (κ2) is 17.3. The summed E-state index contributed by atoms with van der Waals surface area (Å²) in [5.74, 6) is -2.98. The third-order valence-electron chi connectivity index (χ3n) is 9.72. The molecule has 8 atom stereocenters. The predicted molar refractivity (Wildman–Crippen MR) is 191 cm³/mol. The van der Waals surface area contributed by atoms with E-state index in [4.69, 9.17) is 9.47 Å². The van der Waals surface area contributed by atoms with Crippen LogP contribution in [0.4, 0.5) is 10.1 Å². The molecule has 15 heteroatoms. The number of aliphatic hydroxyl groups is 3. The predicted octanol–water partition coefficient (Wildman–Crippen LogP) is 2.96. The highest BCUT2D eigenvalue weighted by Crippen LogP contribution is 2.46. The Morgan fingerprint density at radius 1 is 0.906 bits per heavy atom. The number of rotatable bonds is 16. The van der Waals surface area contributed by atoms with Gasteiger partial charge in [0.2, 0.25) is 15.9 Å². The number of hydrogen-bond acceptors (Lipinski definition) is 10. The Hall–Kier alpha value is -4.25. The number of sulfonamides is 1. The molecule has 0 aromatic heterocycles. The van der Waals surface area contributed by atoms with Crippen LogP contribution in [0.5, 0.6) is 0 Å². The van der Waals surface area contributed by atoms with Gasteiger partial charge in [-0.05, 0) is 85.0 Å². The number of nitrogens with one attached hydrogen (secondary N) is 1. The van der Waals surface area contributed by atoms with E-state index in [1.165, 1.54) is 19.1 Å². The molecule has 0 saturated carbocycles. The minimum Gasteiger partial charge on any atom is -0.479 e. The molecule has 2 heterocycles. The summed E-state index contributed by atoms with van der Waals surface area (Å²) in [6, 6.07) is 20.3. The van der Waals surface area contributed by atoms with E-state index in [0.29, 0.717) is 49.9 Å². The fraction of sp³-hybridized carbons (Fsp3) is 0.447. The molecular formula is C38H45FN2O11S. The van der Waals surface area contributed by atoms with Crippen LogP contribution in [0.3, 0.4) is 0 Å². The molecule has 13 nitrogen and oxygen atoms in total. The number of halogens is 1. The minimum atomic E-state index is -3.28. The summed E-state index contributed by atoms with van der Waals surface area (Å²) in [5, 5.41) is 40.0. The van der Waals surface area contributed by atoms with E-state index in [2.05, 4.69) is 4.72 Å². The lowest BCUT2D eigenvalue weighted by Crippen LogP contribution is -2.59. The molecule has 2 fully saturated rings. The van der Waals surface area contributed by atoms with Gasteiger partial charge in [0.15, 0.2) is 6.10 Å². The molecule has 2 unspecified atom stereocenters. The molecule has 0 aliphatic carbocycles. The summed E-state index contributed by atoms with van der Waals surface area (Å²) >= 11 is 0. The molecule has 53 heavy (non-hydrogen) atoms. The smallest absolute Gasteiger partial charge is 0.335 e. The van der Waals surface area contributed by atoms with E-state index >= 15 is 0 Å². The lowest BCUT2D eigenvalue weighted by atomic mass is 9.78. The van der Waals surface area contributed by atoms with Gasteiger partial charge in [-0.15, -0.1) is 0 Å². The van der Waals surface area contributed by atoms with Crippen molar-refractivity contribution in [3.05, 3.63) is 101 Å². The van der Waals surface area contributed by atoms with E-state index < -0.39 is 70.3 Å². The van der Waals surface area contributed by atoms with Crippen LogP contribution in [0.25, 0.3) is 0 Å². The Morgan fingerprint density at radius 2 is 1.53 bits per heavy atom. The molecular weight excluding hydrogens is 711 g/mol. The number of esters is 1. The molecule has 1 amide bonds. The number of carboxylic acid groups (broad SMARTS) is 1. The third-order valence-corrected chi connectivity index (χ3v) is 10.4. The Labute approximate surface area is 307 Å². The highest BCUT2D eigenvalue weighted by molar-refractivity contribution is 7.88. The Kier molecular flexibility index (Phi) is 13.0. The molecule has 0 radical (unpaired) electrons. The maximum Gasteiger partial charge on any atom is 0.335 e. The molecule has 0 bridgehead atoms. The van der Waals surface area contributed by atoms with Gasteiger partial charge in [-0.25, -0.2) is 22.3 Å². The molecule has 3 aromatic rings. The molecule has 2 saturated heterocycles. The van der Waals surface area contributed by atoms with Crippen LogP contribution < -0.4 is 9.62 Å². The minimum absolute atomic E-state index is 0.123. The van der Waals surface area contributed by atoms with Crippen LogP contribution in [0, 0.1) is 11.7 Å². The van der Waals surface area contributed by atoms with Crippen LogP contribution in [-0.4, -0.2) is 90.0 Å². The number of carbonyl (C=O) groups is 3. The van der Waals surface area contributed by atoms with Gasteiger partial charge in [-0.1, -0.05) is 48.5 Å². The third kappa shape index (κ3) is 10.0. The molecule has 286 valence electrons. The Balaban J connectivity index is 1.32. The number of hydrogen-bond donors (Lipinski definition) is 5. The van der Waals surface area contributed by atoms with Crippen molar-refractivity contribution in [2.24, 2.45) is 5.92 Å². The standard InChI is InChI=1S/C38H45FN2O11S/c1-22(42)51-30(25-12-14-27(39)15-13-25)20-18-29-32(41(37(29)46)28-16-7-23(8-17-28)4-3-21-40-53(2,49)50)26-10-5-24(6-11-26)9-19-31-33(43)34(44)35(45)36(52-31)38(47)48/h5-8,10-17,29-36,40,43-45H,3-4,9,18-21H2,1-2H3,(H,47,48)/t29?,30-,31?,32-,33+,34-,35+,36+/m1/s1. The first-order valence-electron chi connectivity index (χ1n) is 17.4. The lowest BCUT2D eigenvalue weighted by Gasteiger charge is -2.48. The van der Waals surface area contributed by atoms with Crippen LogP contribution in [0.2, 0.25) is 0 Å². The summed E-state index contributed by atoms with van der Waals surface area (Å²) in [7, 11) is -3.28. The molecule has 5 rings (SSSR count). The monoisotopic (exact) mass is 756 g/mol. The number of nitrogens with zero attached hydrogens (tertiary/aromatic N) is 1. The molecule has 2 aliphatic rings. The number of amides is 1. The van der Waals surface area contributed by atoms with Crippen LogP contribution >= 0.6 is 0 Å². The number of anilines is 1. The first kappa shape index (κ1) is 39.9. The number of ether oxygens (including phenoxy) is 2. The number of benzene rings is 3. The maximum atomic E-state index is 13.8. The number of aliphatic hydroxyl groups excluding tert-OH is 3. The molecule has 0 spiro atoms. The zero-order valence-electron chi connectivity index (χ0n) is 29.4. The maximum absolute atomic E-state index is 13.8. The average molecular weight is 757 g/mol. The zero-order chi connectivity index (χ0) is 38.4. The molecule has 2 aliphatic heterocycles. The van der Waals surface area contributed by atoms with E-state index in [-0.39, 0.29) is 18.4 Å². The number of β-lactam (4-membered cyclic amide) rings is 1. The quantitative estimate of drug-likeness (QED) is 0.0818. The second-order valence-corrected chi connectivity index (χ2v) is 15.4. The first-order chi connectivity index (χ1) is 25.1. The van der Waals surface area contributed by atoms with Crippen molar-refractivity contribution in [2.45, 2.75) is 88.1 Å².